The summed E-state index contributed by atoms with van der Waals surface area (Å²) >= 11 is 0. The van der Waals surface area contributed by atoms with Gasteiger partial charge in [0.15, 0.2) is 0 Å². The molecule has 2 fully saturated rings. The lowest BCUT2D eigenvalue weighted by molar-refractivity contribution is -0.155. The minimum Gasteiger partial charge on any atom is -0.460 e. The number of aryl methyl sites for hydroxylation is 2. The van der Waals surface area contributed by atoms with Crippen LogP contribution in [-0.2, 0) is 20.7 Å². The average molecular weight is 508 g/mol. The Morgan fingerprint density at radius 1 is 1.11 bits per heavy atom. The molecular weight excluding hydrogens is 462 g/mol. The van der Waals surface area contributed by atoms with Gasteiger partial charge in [0.2, 0.25) is 0 Å². The first-order valence-electron chi connectivity index (χ1n) is 14.1. The highest BCUT2D eigenvalue weighted by atomic mass is 16.6. The van der Waals surface area contributed by atoms with Gasteiger partial charge >= 0.3 is 5.97 Å². The predicted molar refractivity (Wildman–Crippen MR) is 146 cm³/mol. The van der Waals surface area contributed by atoms with E-state index in [1.54, 1.807) is 0 Å². The average Bonchev–Trinajstić information content (AvgIpc) is 3.49. The molecular formula is C31H45N3O3. The second-order valence-electron chi connectivity index (χ2n) is 13.0. The van der Waals surface area contributed by atoms with Crippen LogP contribution in [0.3, 0.4) is 0 Å². The van der Waals surface area contributed by atoms with Gasteiger partial charge in [0.05, 0.1) is 23.9 Å². The van der Waals surface area contributed by atoms with E-state index in [9.17, 15) is 9.59 Å². The van der Waals surface area contributed by atoms with Crippen molar-refractivity contribution in [3.8, 4) is 0 Å². The van der Waals surface area contributed by atoms with E-state index in [1.807, 2.05) is 26.8 Å². The largest absolute Gasteiger partial charge is 0.460 e. The first kappa shape index (κ1) is 27.5. The Morgan fingerprint density at radius 3 is 2.41 bits per heavy atom. The van der Waals surface area contributed by atoms with Crippen molar-refractivity contribution in [2.75, 3.05) is 0 Å². The number of ether oxygens (including phenoxy) is 1. The third-order valence-corrected chi connectivity index (χ3v) is 7.66. The number of benzene rings is 1. The quantitative estimate of drug-likeness (QED) is 0.313. The number of carbonyl (C=O) groups is 2. The Balaban J connectivity index is 1.56. The lowest BCUT2D eigenvalue weighted by Crippen LogP contribution is -2.30. The van der Waals surface area contributed by atoms with E-state index in [0.717, 1.165) is 48.4 Å². The summed E-state index contributed by atoms with van der Waals surface area (Å²) in [5, 5.41) is 9.29. The SMILES string of the molecule is Cc1ccc(CC(=O)CC(CC(=O)OC(C)(C)C)c2nnn(C3CC(CC(C)C)C3)c2C2CC2)c(C)c1. The fourth-order valence-electron chi connectivity index (χ4n) is 5.84. The fraction of sp³-hybridized carbons (Fsp3) is 0.677. The molecule has 1 heterocycles. The van der Waals surface area contributed by atoms with Crippen LogP contribution in [0.15, 0.2) is 18.2 Å². The topological polar surface area (TPSA) is 74.1 Å². The second kappa shape index (κ2) is 11.1. The summed E-state index contributed by atoms with van der Waals surface area (Å²) in [6.45, 7) is 14.3. The van der Waals surface area contributed by atoms with Crippen LogP contribution in [0.4, 0.5) is 0 Å². The first-order chi connectivity index (χ1) is 17.4. The van der Waals surface area contributed by atoms with E-state index >= 15 is 0 Å². The molecule has 0 spiro atoms. The number of hydrogen-bond acceptors (Lipinski definition) is 5. The Bertz CT molecular complexity index is 1120. The highest BCUT2D eigenvalue weighted by Gasteiger charge is 2.40. The van der Waals surface area contributed by atoms with Gasteiger partial charge in [-0.25, -0.2) is 4.68 Å². The van der Waals surface area contributed by atoms with E-state index in [1.165, 1.54) is 17.7 Å². The molecule has 202 valence electrons. The first-order valence-corrected chi connectivity index (χ1v) is 14.1. The standard InChI is InChI=1S/C31H45N3O3/c1-19(2)12-22-14-26(15-22)34-30(23-10-11-23)29(32-33-34)25(18-28(36)37-31(5,6)7)17-27(35)16-24-9-8-20(3)13-21(24)4/h8-9,13,19,22-23,25-26H,10-12,14-18H2,1-7H3. The monoisotopic (exact) mass is 507 g/mol. The molecule has 1 unspecified atom stereocenters. The zero-order valence-corrected chi connectivity index (χ0v) is 23.8. The Morgan fingerprint density at radius 2 is 1.81 bits per heavy atom. The molecule has 0 saturated heterocycles. The summed E-state index contributed by atoms with van der Waals surface area (Å²) in [6.07, 6.45) is 6.57. The van der Waals surface area contributed by atoms with Crippen LogP contribution < -0.4 is 0 Å². The highest BCUT2D eigenvalue weighted by Crippen LogP contribution is 2.48. The molecule has 4 rings (SSSR count). The third-order valence-electron chi connectivity index (χ3n) is 7.66. The van der Waals surface area contributed by atoms with Crippen LogP contribution in [0.2, 0.25) is 0 Å². The maximum Gasteiger partial charge on any atom is 0.306 e. The maximum absolute atomic E-state index is 13.3. The van der Waals surface area contributed by atoms with Crippen molar-refractivity contribution in [2.45, 2.75) is 123 Å². The van der Waals surface area contributed by atoms with Crippen LogP contribution in [0.5, 0.6) is 0 Å². The molecule has 0 aliphatic heterocycles. The summed E-state index contributed by atoms with van der Waals surface area (Å²) in [5.41, 5.74) is 4.80. The lowest BCUT2D eigenvalue weighted by Gasteiger charge is -2.37. The molecule has 0 amide bonds. The number of ketones is 1. The molecule has 2 saturated carbocycles. The lowest BCUT2D eigenvalue weighted by atomic mass is 9.75. The van der Waals surface area contributed by atoms with Crippen molar-refractivity contribution in [3.63, 3.8) is 0 Å². The van der Waals surface area contributed by atoms with E-state index in [-0.39, 0.29) is 30.5 Å². The minimum absolute atomic E-state index is 0.123. The number of esters is 1. The van der Waals surface area contributed by atoms with E-state index < -0.39 is 5.60 Å². The van der Waals surface area contributed by atoms with Crippen molar-refractivity contribution in [1.29, 1.82) is 0 Å². The molecule has 0 N–H and O–H groups in total. The normalized spacial score (nSPS) is 20.5. The Kier molecular flexibility index (Phi) is 8.25. The van der Waals surface area contributed by atoms with Gasteiger partial charge in [-0.2, -0.15) is 0 Å². The number of nitrogens with zero attached hydrogens (tertiary/aromatic N) is 3. The molecule has 6 nitrogen and oxygen atoms in total. The van der Waals surface area contributed by atoms with Gasteiger partial charge in [-0.15, -0.1) is 5.10 Å². The number of carbonyl (C=O) groups excluding carboxylic acids is 2. The zero-order valence-electron chi connectivity index (χ0n) is 23.8. The Hall–Kier alpha value is -2.50. The van der Waals surface area contributed by atoms with Gasteiger partial charge < -0.3 is 4.74 Å². The Labute approximate surface area is 222 Å². The molecule has 1 aromatic heterocycles. The molecule has 1 aromatic carbocycles. The maximum atomic E-state index is 13.3. The number of hydrogen-bond donors (Lipinski definition) is 0. The van der Waals surface area contributed by atoms with Crippen molar-refractivity contribution in [1.82, 2.24) is 15.0 Å². The molecule has 2 aromatic rings. The van der Waals surface area contributed by atoms with Crippen molar-refractivity contribution < 1.29 is 14.3 Å². The van der Waals surface area contributed by atoms with Crippen molar-refractivity contribution >= 4 is 11.8 Å². The zero-order chi connectivity index (χ0) is 26.9. The van der Waals surface area contributed by atoms with Crippen LogP contribution in [0, 0.1) is 25.7 Å². The number of aromatic nitrogens is 3. The molecule has 37 heavy (non-hydrogen) atoms. The molecule has 2 aliphatic carbocycles. The van der Waals surface area contributed by atoms with Crippen LogP contribution in [-0.4, -0.2) is 32.3 Å². The van der Waals surface area contributed by atoms with Gasteiger partial charge in [0, 0.05) is 24.7 Å². The van der Waals surface area contributed by atoms with Gasteiger partial charge in [0.25, 0.3) is 0 Å². The van der Waals surface area contributed by atoms with Crippen molar-refractivity contribution in [2.24, 2.45) is 11.8 Å². The smallest absolute Gasteiger partial charge is 0.306 e. The molecule has 6 heteroatoms. The van der Waals surface area contributed by atoms with Gasteiger partial charge in [0.1, 0.15) is 11.4 Å². The fourth-order valence-corrected chi connectivity index (χ4v) is 5.84. The second-order valence-corrected chi connectivity index (χ2v) is 13.0. The predicted octanol–water partition coefficient (Wildman–Crippen LogP) is 6.79. The van der Waals surface area contributed by atoms with E-state index in [4.69, 9.17) is 4.74 Å². The number of Topliss-reactive ketones (excluding diaryl/α,β-unsaturated/α-hetero) is 1. The minimum atomic E-state index is -0.570. The summed E-state index contributed by atoms with van der Waals surface area (Å²) in [6, 6.07) is 6.59. The summed E-state index contributed by atoms with van der Waals surface area (Å²) in [5.74, 6) is 1.42. The van der Waals surface area contributed by atoms with Gasteiger partial charge in [-0.05, 0) is 89.7 Å². The van der Waals surface area contributed by atoms with Crippen LogP contribution >= 0.6 is 0 Å². The molecule has 0 radical (unpaired) electrons. The van der Waals surface area contributed by atoms with Gasteiger partial charge in [-0.1, -0.05) is 42.8 Å². The van der Waals surface area contributed by atoms with Crippen LogP contribution in [0.1, 0.15) is 126 Å². The van der Waals surface area contributed by atoms with E-state index in [2.05, 4.69) is 54.8 Å². The number of rotatable bonds is 11. The van der Waals surface area contributed by atoms with Crippen LogP contribution in [0.25, 0.3) is 0 Å². The summed E-state index contributed by atoms with van der Waals surface area (Å²) < 4.78 is 7.82. The van der Waals surface area contributed by atoms with E-state index in [0.29, 0.717) is 24.3 Å². The molecule has 2 aliphatic rings. The molecule has 0 bridgehead atoms. The molecule has 1 atom stereocenters. The van der Waals surface area contributed by atoms with Gasteiger partial charge in [-0.3, -0.25) is 9.59 Å². The third kappa shape index (κ3) is 7.30. The summed E-state index contributed by atoms with van der Waals surface area (Å²) in [4.78, 5) is 26.3. The summed E-state index contributed by atoms with van der Waals surface area (Å²) in [7, 11) is 0. The van der Waals surface area contributed by atoms with Crippen molar-refractivity contribution in [3.05, 3.63) is 46.3 Å². The highest BCUT2D eigenvalue weighted by molar-refractivity contribution is 5.83.